The molecule has 8 heteroatoms. The molecule has 3 rings (SSSR count). The van der Waals surface area contributed by atoms with Gasteiger partial charge in [0.2, 0.25) is 5.91 Å². The average Bonchev–Trinajstić information content (AvgIpc) is 2.77. The molecule has 3 aromatic carbocycles. The van der Waals surface area contributed by atoms with Crippen molar-refractivity contribution in [1.29, 1.82) is 0 Å². The van der Waals surface area contributed by atoms with E-state index < -0.39 is 22.5 Å². The highest BCUT2D eigenvalue weighted by Gasteiger charge is 2.28. The van der Waals surface area contributed by atoms with Crippen LogP contribution in [0.5, 0.6) is 0 Å². The molecule has 31 heavy (non-hydrogen) atoms. The zero-order valence-corrected chi connectivity index (χ0v) is 19.2. The van der Waals surface area contributed by atoms with Gasteiger partial charge in [0, 0.05) is 11.6 Å². The molecule has 0 unspecified atom stereocenters. The molecule has 1 N–H and O–H groups in total. The summed E-state index contributed by atoms with van der Waals surface area (Å²) in [4.78, 5) is 12.8. The number of nitrogens with one attached hydrogen (secondary N) is 1. The van der Waals surface area contributed by atoms with Crippen molar-refractivity contribution in [2.75, 3.05) is 17.4 Å². The van der Waals surface area contributed by atoms with Crippen molar-refractivity contribution in [2.45, 2.75) is 17.7 Å². The van der Waals surface area contributed by atoms with Crippen molar-refractivity contribution in [3.05, 3.63) is 94.5 Å². The summed E-state index contributed by atoms with van der Waals surface area (Å²) in [6.45, 7) is 1.95. The fourth-order valence-electron chi connectivity index (χ4n) is 3.06. The minimum absolute atomic E-state index is 0.0615. The smallest absolute Gasteiger partial charge is 0.264 e. The molecule has 0 heterocycles. The van der Waals surface area contributed by atoms with Crippen LogP contribution in [0.15, 0.2) is 83.8 Å². The Morgan fingerprint density at radius 1 is 0.968 bits per heavy atom. The first-order chi connectivity index (χ1) is 14.8. The van der Waals surface area contributed by atoms with Gasteiger partial charge >= 0.3 is 0 Å². The normalized spacial score (nSPS) is 12.2. The third kappa shape index (κ3) is 5.79. The van der Waals surface area contributed by atoms with Crippen molar-refractivity contribution in [3.63, 3.8) is 0 Å². The van der Waals surface area contributed by atoms with E-state index in [4.69, 9.17) is 23.2 Å². The van der Waals surface area contributed by atoms with Gasteiger partial charge in [-0.15, -0.1) is 0 Å². The monoisotopic (exact) mass is 476 g/mol. The van der Waals surface area contributed by atoms with Crippen LogP contribution in [0.1, 0.15) is 18.4 Å². The maximum Gasteiger partial charge on any atom is 0.264 e. The molecule has 0 aliphatic carbocycles. The molecule has 1 atom stereocenters. The number of carbonyl (C=O) groups is 1. The van der Waals surface area contributed by atoms with Crippen molar-refractivity contribution < 1.29 is 13.2 Å². The molecule has 162 valence electrons. The Hall–Kier alpha value is -2.54. The van der Waals surface area contributed by atoms with Crippen LogP contribution >= 0.6 is 23.2 Å². The van der Waals surface area contributed by atoms with Crippen LogP contribution < -0.4 is 9.62 Å². The molecule has 0 aromatic heterocycles. The van der Waals surface area contributed by atoms with Gasteiger partial charge in [0.1, 0.15) is 6.54 Å². The van der Waals surface area contributed by atoms with E-state index >= 15 is 0 Å². The number of nitrogens with zero attached hydrogens (tertiary/aromatic N) is 1. The number of halogens is 2. The third-order valence-corrected chi connectivity index (χ3v) is 7.08. The lowest BCUT2D eigenvalue weighted by atomic mass is 10.0. The van der Waals surface area contributed by atoms with Crippen LogP contribution in [-0.4, -0.2) is 27.4 Å². The summed E-state index contributed by atoms with van der Waals surface area (Å²) in [5.41, 5.74) is 1.26. The highest BCUT2D eigenvalue weighted by molar-refractivity contribution is 7.92. The molecule has 0 aliphatic rings. The zero-order chi connectivity index (χ0) is 22.4. The quantitative estimate of drug-likeness (QED) is 0.491. The van der Waals surface area contributed by atoms with Gasteiger partial charge in [0.25, 0.3) is 10.0 Å². The van der Waals surface area contributed by atoms with E-state index in [9.17, 15) is 13.2 Å². The largest absolute Gasteiger partial charge is 0.354 e. The van der Waals surface area contributed by atoms with Gasteiger partial charge in [-0.25, -0.2) is 8.42 Å². The lowest BCUT2D eigenvalue weighted by molar-refractivity contribution is -0.119. The molecule has 5 nitrogen and oxygen atoms in total. The van der Waals surface area contributed by atoms with Crippen molar-refractivity contribution >= 4 is 44.8 Å². The molecule has 0 saturated carbocycles. The first-order valence-corrected chi connectivity index (χ1v) is 11.8. The van der Waals surface area contributed by atoms with Crippen molar-refractivity contribution in [3.8, 4) is 0 Å². The molecule has 0 fully saturated rings. The molecule has 0 spiro atoms. The lowest BCUT2D eigenvalue weighted by Gasteiger charge is -2.25. The van der Waals surface area contributed by atoms with E-state index in [-0.39, 0.29) is 21.5 Å². The van der Waals surface area contributed by atoms with E-state index in [0.717, 1.165) is 9.87 Å². The first-order valence-electron chi connectivity index (χ1n) is 9.63. The highest BCUT2D eigenvalue weighted by atomic mass is 35.5. The Balaban J connectivity index is 1.84. The number of anilines is 1. The van der Waals surface area contributed by atoms with E-state index in [2.05, 4.69) is 5.32 Å². The van der Waals surface area contributed by atoms with Gasteiger partial charge in [0.15, 0.2) is 0 Å². The number of sulfonamides is 1. The topological polar surface area (TPSA) is 66.5 Å². The molecule has 3 aromatic rings. The molecule has 0 bridgehead atoms. The Kier molecular flexibility index (Phi) is 7.59. The van der Waals surface area contributed by atoms with E-state index in [1.165, 1.54) is 30.3 Å². The van der Waals surface area contributed by atoms with Crippen molar-refractivity contribution in [1.82, 2.24) is 5.32 Å². The van der Waals surface area contributed by atoms with Gasteiger partial charge in [-0.1, -0.05) is 78.7 Å². The Bertz CT molecular complexity index is 1140. The predicted octanol–water partition coefficient (Wildman–Crippen LogP) is 5.11. The van der Waals surface area contributed by atoms with Crippen LogP contribution in [0.4, 0.5) is 5.69 Å². The van der Waals surface area contributed by atoms with Crippen LogP contribution in [0.25, 0.3) is 0 Å². The Morgan fingerprint density at radius 3 is 2.19 bits per heavy atom. The Morgan fingerprint density at radius 2 is 1.58 bits per heavy atom. The fraction of sp³-hybridized carbons (Fsp3) is 0.174. The van der Waals surface area contributed by atoms with Gasteiger partial charge < -0.3 is 5.32 Å². The van der Waals surface area contributed by atoms with Gasteiger partial charge in [-0.2, -0.15) is 0 Å². The minimum atomic E-state index is -4.03. The highest BCUT2D eigenvalue weighted by Crippen LogP contribution is 2.32. The standard InChI is InChI=1S/C23H22Cl2N2O3S/c1-17(18-8-4-2-5-9-18)15-26-23(28)16-27(22-13-12-19(24)14-21(22)25)31(29,30)20-10-6-3-7-11-20/h2-14,17H,15-16H2,1H3,(H,26,28)/t17-/m0/s1. The fourth-order valence-corrected chi connectivity index (χ4v) is 5.08. The molecule has 0 aliphatic heterocycles. The lowest BCUT2D eigenvalue weighted by Crippen LogP contribution is -2.41. The number of carbonyl (C=O) groups excluding carboxylic acids is 1. The van der Waals surface area contributed by atoms with Crippen LogP contribution in [0.3, 0.4) is 0 Å². The number of rotatable bonds is 8. The SMILES string of the molecule is C[C@@H](CNC(=O)CN(c1ccc(Cl)cc1Cl)S(=O)(=O)c1ccccc1)c1ccccc1. The maximum atomic E-state index is 13.3. The third-order valence-electron chi connectivity index (χ3n) is 4.77. The predicted molar refractivity (Wildman–Crippen MR) is 125 cm³/mol. The summed E-state index contributed by atoms with van der Waals surface area (Å²) < 4.78 is 27.6. The summed E-state index contributed by atoms with van der Waals surface area (Å²) in [7, 11) is -4.03. The number of benzene rings is 3. The molecular formula is C23H22Cl2N2O3S. The second kappa shape index (κ2) is 10.2. The Labute approximate surface area is 192 Å². The average molecular weight is 477 g/mol. The summed E-state index contributed by atoms with van der Waals surface area (Å²) in [5, 5.41) is 3.33. The van der Waals surface area contributed by atoms with Crippen LogP contribution in [0, 0.1) is 0 Å². The van der Waals surface area contributed by atoms with E-state index in [1.54, 1.807) is 18.2 Å². The maximum absolute atomic E-state index is 13.3. The zero-order valence-electron chi connectivity index (χ0n) is 16.8. The second-order valence-electron chi connectivity index (χ2n) is 7.04. The van der Waals surface area contributed by atoms with Crippen LogP contribution in [0.2, 0.25) is 10.0 Å². The first kappa shape index (κ1) is 23.1. The molecule has 0 radical (unpaired) electrons. The van der Waals surface area contributed by atoms with Crippen molar-refractivity contribution in [2.24, 2.45) is 0 Å². The number of amides is 1. The molecule has 1 amide bonds. The number of hydrogen-bond donors (Lipinski definition) is 1. The molecular weight excluding hydrogens is 455 g/mol. The summed E-state index contributed by atoms with van der Waals surface area (Å²) in [5.74, 6) is -0.364. The second-order valence-corrected chi connectivity index (χ2v) is 9.74. The number of hydrogen-bond acceptors (Lipinski definition) is 3. The summed E-state index contributed by atoms with van der Waals surface area (Å²) in [6, 6.07) is 22.1. The van der Waals surface area contributed by atoms with Gasteiger partial charge in [-0.05, 0) is 41.8 Å². The van der Waals surface area contributed by atoms with E-state index in [1.807, 2.05) is 37.3 Å². The van der Waals surface area contributed by atoms with Gasteiger partial charge in [-0.3, -0.25) is 9.10 Å². The van der Waals surface area contributed by atoms with Gasteiger partial charge in [0.05, 0.1) is 15.6 Å². The minimum Gasteiger partial charge on any atom is -0.354 e. The molecule has 0 saturated heterocycles. The van der Waals surface area contributed by atoms with E-state index in [0.29, 0.717) is 11.6 Å². The summed E-state index contributed by atoms with van der Waals surface area (Å²) >= 11 is 12.3. The summed E-state index contributed by atoms with van der Waals surface area (Å²) in [6.07, 6.45) is 0. The van der Waals surface area contributed by atoms with Crippen LogP contribution in [-0.2, 0) is 14.8 Å².